The number of nitrogens with one attached hydrogen (secondary N) is 1. The largest absolute Gasteiger partial charge is 0.372 e. The van der Waals surface area contributed by atoms with Gasteiger partial charge in [-0.3, -0.25) is 13.9 Å². The van der Waals surface area contributed by atoms with E-state index in [1.54, 1.807) is 43.3 Å². The van der Waals surface area contributed by atoms with Crippen LogP contribution in [0.5, 0.6) is 0 Å². The van der Waals surface area contributed by atoms with Crippen LogP contribution in [-0.4, -0.2) is 44.9 Å². The van der Waals surface area contributed by atoms with E-state index in [9.17, 15) is 30.7 Å². The first-order chi connectivity index (χ1) is 22.7. The van der Waals surface area contributed by atoms with Gasteiger partial charge in [-0.1, -0.05) is 43.0 Å². The van der Waals surface area contributed by atoms with Gasteiger partial charge in [-0.2, -0.15) is 21.9 Å². The average molecular weight is 691 g/mol. The lowest BCUT2D eigenvalue weighted by Crippen LogP contribution is -2.21. The van der Waals surface area contributed by atoms with Crippen LogP contribution in [0.3, 0.4) is 0 Å². The Morgan fingerprint density at radius 3 is 2.02 bits per heavy atom. The Morgan fingerprint density at radius 2 is 1.44 bits per heavy atom. The van der Waals surface area contributed by atoms with Gasteiger partial charge in [-0.15, -0.1) is 15.3 Å². The number of carbonyl (C=O) groups excluding carboxylic acids is 1. The van der Waals surface area contributed by atoms with E-state index < -0.39 is 25.1 Å². The van der Waals surface area contributed by atoms with Gasteiger partial charge < -0.3 is 10.2 Å². The van der Waals surface area contributed by atoms with Crippen molar-refractivity contribution >= 4 is 76.0 Å². The van der Waals surface area contributed by atoms with Crippen molar-refractivity contribution in [3.63, 3.8) is 0 Å². The molecule has 0 aromatic heterocycles. The van der Waals surface area contributed by atoms with E-state index in [4.69, 9.17) is 0 Å². The predicted molar refractivity (Wildman–Crippen MR) is 187 cm³/mol. The van der Waals surface area contributed by atoms with Crippen LogP contribution in [0.4, 0.5) is 28.4 Å². The maximum Gasteiger partial charge on any atom is 0.294 e. The van der Waals surface area contributed by atoms with Crippen molar-refractivity contribution in [2.75, 3.05) is 23.3 Å². The molecular weight excluding hydrogens is 657 g/mol. The van der Waals surface area contributed by atoms with Crippen LogP contribution >= 0.6 is 0 Å². The first-order valence-electron chi connectivity index (χ1n) is 14.6. The molecule has 0 heterocycles. The summed E-state index contributed by atoms with van der Waals surface area (Å²) in [4.78, 5) is 13.2. The molecule has 0 atom stereocenters. The summed E-state index contributed by atoms with van der Waals surface area (Å²) >= 11 is 0. The number of hydrogen-bond donors (Lipinski definition) is 3. The van der Waals surface area contributed by atoms with E-state index in [0.717, 1.165) is 18.8 Å². The zero-order valence-electron chi connectivity index (χ0n) is 26.6. The molecule has 0 radical (unpaired) electrons. The van der Waals surface area contributed by atoms with Crippen molar-refractivity contribution in [1.29, 1.82) is 0 Å². The van der Waals surface area contributed by atoms with Gasteiger partial charge in [0, 0.05) is 47.6 Å². The van der Waals surface area contributed by atoms with Crippen LogP contribution in [0.25, 0.3) is 21.4 Å². The predicted octanol–water partition coefficient (Wildman–Crippen LogP) is 8.31. The molecule has 13 nitrogen and oxygen atoms in total. The van der Waals surface area contributed by atoms with Crippen molar-refractivity contribution in [1.82, 2.24) is 0 Å². The van der Waals surface area contributed by atoms with Crippen LogP contribution in [0.1, 0.15) is 38.8 Å². The standard InChI is InChI=1S/C33H34N6O7S2/c1-6-29(26-12-10-9-11-25(26)21(4)47(41,42)43)35-37-31-18-17-30(27-15-14-24(20-28(27)31)48(44,45)46)36-38-32-16-13-23(39(7-2)8-3)19-33(32)34-22(5)40/h6,9-20H,4,7-8H2,1-3,5H3,(H,34,40)(H,41,42,43)(H,44,45,46)/b29-6+,37-35?,38-36?. The summed E-state index contributed by atoms with van der Waals surface area (Å²) in [5.74, 6) is -0.286. The minimum atomic E-state index is -4.60. The Balaban J connectivity index is 1.83. The number of rotatable bonds is 12. The first-order valence-corrected chi connectivity index (χ1v) is 17.5. The molecule has 0 fully saturated rings. The van der Waals surface area contributed by atoms with Crippen LogP contribution in [-0.2, 0) is 25.0 Å². The van der Waals surface area contributed by atoms with Gasteiger partial charge in [-0.25, -0.2) is 0 Å². The summed E-state index contributed by atoms with van der Waals surface area (Å²) in [6.07, 6.45) is 1.58. The maximum atomic E-state index is 12.0. The summed E-state index contributed by atoms with van der Waals surface area (Å²) in [6, 6.07) is 18.7. The van der Waals surface area contributed by atoms with Gasteiger partial charge in [0.1, 0.15) is 5.69 Å². The molecule has 250 valence electrons. The van der Waals surface area contributed by atoms with Crippen molar-refractivity contribution in [2.45, 2.75) is 32.6 Å². The van der Waals surface area contributed by atoms with Crippen molar-refractivity contribution < 1.29 is 30.7 Å². The van der Waals surface area contributed by atoms with Gasteiger partial charge in [-0.05, 0) is 63.2 Å². The highest BCUT2D eigenvalue weighted by molar-refractivity contribution is 7.95. The lowest BCUT2D eigenvalue weighted by molar-refractivity contribution is -0.114. The SMILES string of the molecule is C=C(c1ccccc1/C(=C\C)N=Nc1ccc(N=Nc2ccc(N(CC)CC)cc2NC(C)=O)c2ccc(S(=O)(=O)O)cc12)S(=O)(=O)O. The Bertz CT molecular complexity index is 2210. The van der Waals surface area contributed by atoms with Crippen molar-refractivity contribution in [3.8, 4) is 0 Å². The molecule has 4 aromatic carbocycles. The molecule has 0 aliphatic rings. The molecule has 0 unspecified atom stereocenters. The van der Waals surface area contributed by atoms with Gasteiger partial charge in [0.25, 0.3) is 20.2 Å². The van der Waals surface area contributed by atoms with E-state index >= 15 is 0 Å². The van der Waals surface area contributed by atoms with E-state index in [-0.39, 0.29) is 33.1 Å². The average Bonchev–Trinajstić information content (AvgIpc) is 3.04. The lowest BCUT2D eigenvalue weighted by Gasteiger charge is -2.22. The molecule has 0 spiro atoms. The number of amides is 1. The molecule has 0 bridgehead atoms. The zero-order chi connectivity index (χ0) is 35.2. The maximum absolute atomic E-state index is 12.0. The smallest absolute Gasteiger partial charge is 0.294 e. The van der Waals surface area contributed by atoms with Crippen LogP contribution < -0.4 is 10.2 Å². The molecule has 0 saturated heterocycles. The summed E-state index contributed by atoms with van der Waals surface area (Å²) in [5.41, 5.74) is 2.93. The molecule has 3 N–H and O–H groups in total. The Kier molecular flexibility index (Phi) is 11.0. The number of hydrogen-bond acceptors (Lipinski definition) is 10. The number of allylic oxidation sites excluding steroid dienone is 1. The minimum absolute atomic E-state index is 0.116. The van der Waals surface area contributed by atoms with E-state index in [2.05, 4.69) is 37.3 Å². The van der Waals surface area contributed by atoms with Gasteiger partial charge >= 0.3 is 0 Å². The third-order valence-corrected chi connectivity index (χ3v) is 8.97. The molecule has 4 aromatic rings. The third-order valence-electron chi connectivity index (χ3n) is 7.28. The molecule has 0 aliphatic carbocycles. The van der Waals surface area contributed by atoms with E-state index in [0.29, 0.717) is 28.0 Å². The summed E-state index contributed by atoms with van der Waals surface area (Å²) in [7, 11) is -9.19. The number of nitrogens with zero attached hydrogens (tertiary/aromatic N) is 5. The van der Waals surface area contributed by atoms with Crippen molar-refractivity contribution in [2.24, 2.45) is 20.5 Å². The zero-order valence-corrected chi connectivity index (χ0v) is 28.2. The molecule has 4 rings (SSSR count). The topological polar surface area (TPSA) is 191 Å². The fraction of sp³-hybridized carbons (Fsp3) is 0.182. The highest BCUT2D eigenvalue weighted by Gasteiger charge is 2.19. The summed E-state index contributed by atoms with van der Waals surface area (Å²) in [6.45, 7) is 12.1. The normalized spacial score (nSPS) is 12.6. The van der Waals surface area contributed by atoms with Crippen molar-refractivity contribution in [3.05, 3.63) is 96.6 Å². The number of anilines is 2. The molecule has 0 saturated carbocycles. The second-order valence-corrected chi connectivity index (χ2v) is 13.2. The number of azo groups is 2. The fourth-order valence-electron chi connectivity index (χ4n) is 4.89. The third kappa shape index (κ3) is 8.24. The van der Waals surface area contributed by atoms with E-state index in [1.165, 1.54) is 37.3 Å². The van der Waals surface area contributed by atoms with Gasteiger partial charge in [0.05, 0.1) is 32.6 Å². The molecule has 1 amide bonds. The highest BCUT2D eigenvalue weighted by atomic mass is 32.2. The molecule has 48 heavy (non-hydrogen) atoms. The van der Waals surface area contributed by atoms with Gasteiger partial charge in [0.2, 0.25) is 5.91 Å². The highest BCUT2D eigenvalue weighted by Crippen LogP contribution is 2.38. The second-order valence-electron chi connectivity index (χ2n) is 10.4. The Morgan fingerprint density at radius 1 is 0.833 bits per heavy atom. The number of fused-ring (bicyclic) bond motifs is 1. The quantitative estimate of drug-likeness (QED) is 0.0976. The molecule has 15 heteroatoms. The lowest BCUT2D eigenvalue weighted by atomic mass is 10.0. The Hall–Kier alpha value is -5.09. The van der Waals surface area contributed by atoms with Crippen LogP contribution in [0.15, 0.2) is 111 Å². The summed E-state index contributed by atoms with van der Waals surface area (Å²) < 4.78 is 67.1. The van der Waals surface area contributed by atoms with Gasteiger partial charge in [0.15, 0.2) is 0 Å². The monoisotopic (exact) mass is 690 g/mol. The van der Waals surface area contributed by atoms with Crippen LogP contribution in [0.2, 0.25) is 0 Å². The Labute approximate surface area is 278 Å². The minimum Gasteiger partial charge on any atom is -0.372 e. The molecular formula is C33H34N6O7S2. The molecule has 0 aliphatic heterocycles. The second kappa shape index (κ2) is 14.8. The number of carbonyl (C=O) groups is 1. The van der Waals surface area contributed by atoms with E-state index in [1.807, 2.05) is 26.0 Å². The first kappa shape index (κ1) is 35.8. The number of benzene rings is 4. The fourth-order valence-corrected chi connectivity index (χ4v) is 5.85. The van der Waals surface area contributed by atoms with Crippen LogP contribution in [0, 0.1) is 0 Å². The summed E-state index contributed by atoms with van der Waals surface area (Å²) in [5, 5.41) is 20.9.